The largest absolute Gasteiger partial charge is 0.517 e. The Morgan fingerprint density at radius 2 is 1.81 bits per heavy atom. The summed E-state index contributed by atoms with van der Waals surface area (Å²) in [6.45, 7) is 0.239. The van der Waals surface area contributed by atoms with Gasteiger partial charge < -0.3 is 13.9 Å². The van der Waals surface area contributed by atoms with Crippen LogP contribution in [-0.4, -0.2) is 17.7 Å². The third-order valence-corrected chi connectivity index (χ3v) is 2.90. The van der Waals surface area contributed by atoms with Gasteiger partial charge in [0.25, 0.3) is 0 Å². The number of para-hydroxylation sites is 2. The number of carbonyl (C=O) groups excluding carboxylic acids is 1. The maximum absolute atomic E-state index is 11.5. The first-order valence-corrected chi connectivity index (χ1v) is 6.55. The molecule has 5 nitrogen and oxygen atoms in total. The topological polar surface area (TPSA) is 61.6 Å². The summed E-state index contributed by atoms with van der Waals surface area (Å²) in [4.78, 5) is 15.6. The minimum absolute atomic E-state index is 0.110. The van der Waals surface area contributed by atoms with E-state index in [1.54, 1.807) is 12.1 Å². The van der Waals surface area contributed by atoms with E-state index in [2.05, 4.69) is 4.98 Å². The molecule has 0 amide bonds. The number of oxazole rings is 1. The third-order valence-electron chi connectivity index (χ3n) is 2.90. The molecule has 1 heterocycles. The molecule has 3 aromatic rings. The molecule has 0 N–H and O–H groups in total. The Hall–Kier alpha value is -2.82. The molecule has 0 unspecified atom stereocenters. The Kier molecular flexibility index (Phi) is 3.82. The number of rotatable bonds is 4. The van der Waals surface area contributed by atoms with Crippen LogP contribution in [0.3, 0.4) is 0 Å². The van der Waals surface area contributed by atoms with Gasteiger partial charge in [-0.1, -0.05) is 42.5 Å². The molecule has 0 saturated heterocycles. The van der Waals surface area contributed by atoms with Crippen molar-refractivity contribution in [3.63, 3.8) is 0 Å². The highest BCUT2D eigenvalue weighted by Crippen LogP contribution is 2.20. The van der Waals surface area contributed by atoms with Crippen molar-refractivity contribution >= 4 is 17.3 Å². The van der Waals surface area contributed by atoms with Crippen molar-refractivity contribution in [1.29, 1.82) is 0 Å². The van der Waals surface area contributed by atoms with E-state index in [1.807, 2.05) is 42.5 Å². The van der Waals surface area contributed by atoms with Crippen molar-refractivity contribution in [3.05, 3.63) is 60.2 Å². The summed E-state index contributed by atoms with van der Waals surface area (Å²) in [7, 11) is 0. The number of fused-ring (bicyclic) bond motifs is 1. The highest BCUT2D eigenvalue weighted by atomic mass is 16.8. The van der Waals surface area contributed by atoms with E-state index in [1.165, 1.54) is 0 Å². The van der Waals surface area contributed by atoms with Crippen molar-refractivity contribution in [2.24, 2.45) is 0 Å². The minimum Gasteiger partial charge on any atom is -0.434 e. The van der Waals surface area contributed by atoms with E-state index in [0.29, 0.717) is 17.5 Å². The van der Waals surface area contributed by atoms with E-state index in [9.17, 15) is 4.79 Å². The second-order valence-corrected chi connectivity index (χ2v) is 4.38. The average molecular weight is 283 g/mol. The van der Waals surface area contributed by atoms with Crippen molar-refractivity contribution < 1.29 is 18.7 Å². The van der Waals surface area contributed by atoms with Crippen LogP contribution in [0.2, 0.25) is 0 Å². The molecule has 3 rings (SSSR count). The molecular weight excluding hydrogens is 270 g/mol. The van der Waals surface area contributed by atoms with Crippen molar-refractivity contribution in [1.82, 2.24) is 4.98 Å². The van der Waals surface area contributed by atoms with Crippen LogP contribution in [0.1, 0.15) is 5.56 Å². The summed E-state index contributed by atoms with van der Waals surface area (Å²) < 4.78 is 15.2. The van der Waals surface area contributed by atoms with Gasteiger partial charge in [-0.2, -0.15) is 4.98 Å². The fourth-order valence-electron chi connectivity index (χ4n) is 1.89. The van der Waals surface area contributed by atoms with Gasteiger partial charge >= 0.3 is 12.2 Å². The Balaban J connectivity index is 1.52. The van der Waals surface area contributed by atoms with Gasteiger partial charge in [-0.15, -0.1) is 0 Å². The summed E-state index contributed by atoms with van der Waals surface area (Å²) in [5.41, 5.74) is 2.28. The molecule has 0 spiro atoms. The van der Waals surface area contributed by atoms with Crippen LogP contribution in [0, 0.1) is 0 Å². The summed E-state index contributed by atoms with van der Waals surface area (Å²) in [6.07, 6.45) is -0.304. The molecule has 0 aliphatic carbocycles. The highest BCUT2D eigenvalue weighted by Gasteiger charge is 2.12. The molecule has 1 aromatic heterocycles. The predicted octanol–water partition coefficient (Wildman–Crippen LogP) is 3.59. The monoisotopic (exact) mass is 283 g/mol. The molecule has 0 saturated carbocycles. The smallest absolute Gasteiger partial charge is 0.434 e. The van der Waals surface area contributed by atoms with Gasteiger partial charge in [0.05, 0.1) is 6.61 Å². The molecule has 0 radical (unpaired) electrons. The van der Waals surface area contributed by atoms with Crippen molar-refractivity contribution in [2.45, 2.75) is 6.42 Å². The van der Waals surface area contributed by atoms with Crippen molar-refractivity contribution in [2.75, 3.05) is 6.61 Å². The summed E-state index contributed by atoms with van der Waals surface area (Å²) in [5, 5.41) is 0. The lowest BCUT2D eigenvalue weighted by Gasteiger charge is -2.03. The summed E-state index contributed by atoms with van der Waals surface area (Å²) in [5.74, 6) is 0. The molecule has 0 aliphatic rings. The summed E-state index contributed by atoms with van der Waals surface area (Å²) >= 11 is 0. The molecule has 0 atom stereocenters. The highest BCUT2D eigenvalue weighted by molar-refractivity contribution is 5.73. The van der Waals surface area contributed by atoms with Gasteiger partial charge in [-0.25, -0.2) is 4.79 Å². The van der Waals surface area contributed by atoms with E-state index < -0.39 is 6.16 Å². The van der Waals surface area contributed by atoms with Gasteiger partial charge in [0.2, 0.25) is 0 Å². The number of ether oxygens (including phenoxy) is 2. The van der Waals surface area contributed by atoms with Crippen LogP contribution in [0.4, 0.5) is 4.79 Å². The standard InChI is InChI=1S/C16H13NO4/c18-16(19-11-10-12-6-2-1-3-7-12)21-15-17-13-8-4-5-9-14(13)20-15/h1-9H,10-11H2. The molecule has 106 valence electrons. The van der Waals surface area contributed by atoms with E-state index in [0.717, 1.165) is 5.56 Å². The van der Waals surface area contributed by atoms with E-state index >= 15 is 0 Å². The fraction of sp³-hybridized carbons (Fsp3) is 0.125. The lowest BCUT2D eigenvalue weighted by atomic mass is 10.2. The molecule has 2 aromatic carbocycles. The Morgan fingerprint density at radius 3 is 2.62 bits per heavy atom. The number of aromatic nitrogens is 1. The zero-order valence-electron chi connectivity index (χ0n) is 11.2. The number of benzene rings is 2. The quantitative estimate of drug-likeness (QED) is 0.685. The van der Waals surface area contributed by atoms with Gasteiger partial charge in [0, 0.05) is 6.42 Å². The second-order valence-electron chi connectivity index (χ2n) is 4.38. The van der Waals surface area contributed by atoms with E-state index in [-0.39, 0.29) is 12.7 Å². The zero-order chi connectivity index (χ0) is 14.5. The van der Waals surface area contributed by atoms with Gasteiger partial charge in [0.15, 0.2) is 5.58 Å². The normalized spacial score (nSPS) is 10.5. The molecule has 0 bridgehead atoms. The first-order valence-electron chi connectivity index (χ1n) is 6.55. The molecule has 21 heavy (non-hydrogen) atoms. The van der Waals surface area contributed by atoms with Crippen LogP contribution in [0.25, 0.3) is 11.1 Å². The lowest BCUT2D eigenvalue weighted by Crippen LogP contribution is -2.12. The van der Waals surface area contributed by atoms with Crippen LogP contribution >= 0.6 is 0 Å². The lowest BCUT2D eigenvalue weighted by molar-refractivity contribution is 0.0897. The number of carbonyl (C=O) groups is 1. The van der Waals surface area contributed by atoms with Gasteiger partial charge in [-0.3, -0.25) is 0 Å². The SMILES string of the molecule is O=C(OCCc1ccccc1)Oc1nc2ccccc2o1. The second kappa shape index (κ2) is 6.09. The third kappa shape index (κ3) is 3.39. The average Bonchev–Trinajstić information content (AvgIpc) is 2.90. The molecule has 5 heteroatoms. The maximum atomic E-state index is 11.5. The Morgan fingerprint density at radius 1 is 1.05 bits per heavy atom. The molecule has 0 fully saturated rings. The van der Waals surface area contributed by atoms with Crippen LogP contribution in [-0.2, 0) is 11.2 Å². The van der Waals surface area contributed by atoms with Crippen LogP contribution in [0.5, 0.6) is 6.08 Å². The Bertz CT molecular complexity index is 703. The van der Waals surface area contributed by atoms with Crippen LogP contribution in [0.15, 0.2) is 59.0 Å². The molecule has 0 aliphatic heterocycles. The minimum atomic E-state index is -0.822. The Labute approximate surface area is 121 Å². The van der Waals surface area contributed by atoms with Crippen LogP contribution < -0.4 is 4.74 Å². The first kappa shape index (κ1) is 13.2. The number of hydrogen-bond acceptors (Lipinski definition) is 5. The van der Waals surface area contributed by atoms with Gasteiger partial charge in [-0.05, 0) is 17.7 Å². The number of hydrogen-bond donors (Lipinski definition) is 0. The first-order chi connectivity index (χ1) is 10.3. The van der Waals surface area contributed by atoms with E-state index in [4.69, 9.17) is 13.9 Å². The predicted molar refractivity (Wildman–Crippen MR) is 76.1 cm³/mol. The zero-order valence-corrected chi connectivity index (χ0v) is 11.2. The van der Waals surface area contributed by atoms with Crippen molar-refractivity contribution in [3.8, 4) is 6.08 Å². The van der Waals surface area contributed by atoms with Gasteiger partial charge in [0.1, 0.15) is 5.52 Å². The fourth-order valence-corrected chi connectivity index (χ4v) is 1.89. The molecular formula is C16H13NO4. The maximum Gasteiger partial charge on any atom is 0.517 e. The number of nitrogens with zero attached hydrogens (tertiary/aromatic N) is 1. The summed E-state index contributed by atoms with van der Waals surface area (Å²) in [6, 6.07) is 16.9.